The maximum Gasteiger partial charge on any atom is 0.339 e. The number of carbonyl (C=O) groups excluding carboxylic acids is 2. The summed E-state index contributed by atoms with van der Waals surface area (Å²) in [5.74, 6) is -0.775. The zero-order valence-corrected chi connectivity index (χ0v) is 16.3. The summed E-state index contributed by atoms with van der Waals surface area (Å²) >= 11 is 1.67. The lowest BCUT2D eigenvalue weighted by molar-refractivity contribution is -0.124. The lowest BCUT2D eigenvalue weighted by atomic mass is 10.0. The number of pyridine rings is 1. The third-order valence-corrected chi connectivity index (χ3v) is 5.53. The van der Waals surface area contributed by atoms with Crippen LogP contribution in [0.2, 0.25) is 0 Å². The van der Waals surface area contributed by atoms with Crippen molar-refractivity contribution < 1.29 is 14.3 Å². The second-order valence-electron chi connectivity index (χ2n) is 6.55. The normalized spacial score (nSPS) is 14.2. The van der Waals surface area contributed by atoms with E-state index in [1.807, 2.05) is 42.6 Å². The van der Waals surface area contributed by atoms with Crippen molar-refractivity contribution in [3.05, 3.63) is 63.5 Å². The first-order chi connectivity index (χ1) is 13.7. The molecule has 4 rings (SSSR count). The highest BCUT2D eigenvalue weighted by atomic mass is 32.1. The molecule has 0 fully saturated rings. The monoisotopic (exact) mass is 392 g/mol. The van der Waals surface area contributed by atoms with E-state index in [2.05, 4.69) is 17.5 Å². The number of aromatic nitrogens is 1. The Kier molecular flexibility index (Phi) is 5.21. The first-order valence-corrected chi connectivity index (χ1v) is 10.1. The van der Waals surface area contributed by atoms with Gasteiger partial charge in [-0.15, -0.1) is 11.3 Å². The van der Waals surface area contributed by atoms with Gasteiger partial charge in [0.1, 0.15) is 0 Å². The van der Waals surface area contributed by atoms with Crippen molar-refractivity contribution in [1.29, 1.82) is 0 Å². The van der Waals surface area contributed by atoms with E-state index in [4.69, 9.17) is 9.72 Å². The summed E-state index contributed by atoms with van der Waals surface area (Å²) in [7, 11) is 0. The van der Waals surface area contributed by atoms with Crippen LogP contribution in [0.3, 0.4) is 0 Å². The third-order valence-electron chi connectivity index (χ3n) is 4.71. The van der Waals surface area contributed by atoms with Crippen LogP contribution in [0, 0.1) is 0 Å². The molecular formula is C22H20N2O3S. The van der Waals surface area contributed by atoms with Gasteiger partial charge in [0.15, 0.2) is 6.61 Å². The number of benzene rings is 1. The van der Waals surface area contributed by atoms with E-state index in [1.165, 1.54) is 0 Å². The molecule has 5 nitrogen and oxygen atoms in total. The zero-order chi connectivity index (χ0) is 19.5. The largest absolute Gasteiger partial charge is 0.452 e. The van der Waals surface area contributed by atoms with E-state index >= 15 is 0 Å². The molecule has 0 saturated heterocycles. The van der Waals surface area contributed by atoms with Gasteiger partial charge in [0.25, 0.3) is 5.91 Å². The van der Waals surface area contributed by atoms with Crippen LogP contribution in [0.15, 0.2) is 41.8 Å². The van der Waals surface area contributed by atoms with Crippen LogP contribution < -0.4 is 5.32 Å². The average Bonchev–Trinajstić information content (AvgIpc) is 3.35. The summed E-state index contributed by atoms with van der Waals surface area (Å²) in [6.45, 7) is 2.04. The van der Waals surface area contributed by atoms with E-state index in [-0.39, 0.29) is 12.5 Å². The number of carbonyl (C=O) groups is 2. The minimum Gasteiger partial charge on any atom is -0.452 e. The van der Waals surface area contributed by atoms with Crippen LogP contribution in [-0.4, -0.2) is 30.0 Å². The molecule has 0 saturated carbocycles. The topological polar surface area (TPSA) is 68.3 Å². The molecule has 1 N–H and O–H groups in total. The van der Waals surface area contributed by atoms with Crippen LogP contribution in [-0.2, 0) is 16.0 Å². The summed E-state index contributed by atoms with van der Waals surface area (Å²) < 4.78 is 5.32. The van der Waals surface area contributed by atoms with E-state index in [0.29, 0.717) is 12.1 Å². The number of nitrogens with zero attached hydrogens (tertiary/aromatic N) is 1. The standard InChI is InChI=1S/C22H20N2O3S/c1-2-23-19(25)13-27-22(26)20-16-7-3-4-8-18(16)24-21-14(9-10-17(20)21)12-15-6-5-11-28-15/h3-8,11-12H,2,9-10,13H2,1H3,(H,23,25)/b14-12+. The Labute approximate surface area is 167 Å². The molecule has 2 heterocycles. The summed E-state index contributed by atoms with van der Waals surface area (Å²) in [5, 5.41) is 5.44. The number of thiophene rings is 1. The van der Waals surface area contributed by atoms with Crippen molar-refractivity contribution in [1.82, 2.24) is 10.3 Å². The predicted molar refractivity (Wildman–Crippen MR) is 111 cm³/mol. The molecule has 0 bridgehead atoms. The fraction of sp³-hybridized carbons (Fsp3) is 0.227. The van der Waals surface area contributed by atoms with E-state index in [1.54, 1.807) is 11.3 Å². The zero-order valence-electron chi connectivity index (χ0n) is 15.5. The number of para-hydroxylation sites is 1. The van der Waals surface area contributed by atoms with Crippen molar-refractivity contribution in [3.8, 4) is 0 Å². The summed E-state index contributed by atoms with van der Waals surface area (Å²) in [4.78, 5) is 30.6. The molecule has 2 aromatic heterocycles. The van der Waals surface area contributed by atoms with Gasteiger partial charge in [0.2, 0.25) is 0 Å². The first-order valence-electron chi connectivity index (χ1n) is 9.27. The summed E-state index contributed by atoms with van der Waals surface area (Å²) in [6, 6.07) is 11.7. The van der Waals surface area contributed by atoms with Gasteiger partial charge in [0.05, 0.1) is 16.8 Å². The second kappa shape index (κ2) is 7.94. The van der Waals surface area contributed by atoms with Crippen LogP contribution in [0.25, 0.3) is 22.6 Å². The van der Waals surface area contributed by atoms with Gasteiger partial charge in [-0.25, -0.2) is 9.78 Å². The molecule has 1 aliphatic rings. The fourth-order valence-corrected chi connectivity index (χ4v) is 4.19. The van der Waals surface area contributed by atoms with Gasteiger partial charge in [-0.05, 0) is 54.5 Å². The number of hydrogen-bond acceptors (Lipinski definition) is 5. The maximum absolute atomic E-state index is 12.9. The van der Waals surface area contributed by atoms with Crippen LogP contribution in [0.4, 0.5) is 0 Å². The molecular weight excluding hydrogens is 372 g/mol. The summed E-state index contributed by atoms with van der Waals surface area (Å²) in [5.41, 5.74) is 4.17. The van der Waals surface area contributed by atoms with Gasteiger partial charge < -0.3 is 10.1 Å². The Hall–Kier alpha value is -2.99. The van der Waals surface area contributed by atoms with Crippen LogP contribution >= 0.6 is 11.3 Å². The number of likely N-dealkylation sites (N-methyl/N-ethyl adjacent to an activating group) is 1. The highest BCUT2D eigenvalue weighted by molar-refractivity contribution is 7.10. The molecule has 1 aromatic carbocycles. The van der Waals surface area contributed by atoms with Crippen LogP contribution in [0.5, 0.6) is 0 Å². The highest BCUT2D eigenvalue weighted by Gasteiger charge is 2.27. The number of amides is 1. The number of allylic oxidation sites excluding steroid dienone is 1. The number of esters is 1. The average molecular weight is 392 g/mol. The molecule has 0 radical (unpaired) electrons. The Bertz CT molecular complexity index is 1070. The predicted octanol–water partition coefficient (Wildman–Crippen LogP) is 4.08. The van der Waals surface area contributed by atoms with E-state index < -0.39 is 5.97 Å². The van der Waals surface area contributed by atoms with E-state index in [9.17, 15) is 9.59 Å². The van der Waals surface area contributed by atoms with E-state index in [0.717, 1.165) is 45.5 Å². The van der Waals surface area contributed by atoms with Crippen molar-refractivity contribution in [3.63, 3.8) is 0 Å². The molecule has 1 amide bonds. The van der Waals surface area contributed by atoms with Crippen LogP contribution in [0.1, 0.15) is 39.8 Å². The molecule has 0 aliphatic heterocycles. The molecule has 0 unspecified atom stereocenters. The molecule has 0 spiro atoms. The maximum atomic E-state index is 12.9. The Morgan fingerprint density at radius 1 is 1.21 bits per heavy atom. The lowest BCUT2D eigenvalue weighted by Crippen LogP contribution is -2.28. The van der Waals surface area contributed by atoms with Crippen molar-refractivity contribution >= 4 is 45.8 Å². The fourth-order valence-electron chi connectivity index (χ4n) is 3.51. The highest BCUT2D eigenvalue weighted by Crippen LogP contribution is 2.38. The number of hydrogen-bond donors (Lipinski definition) is 1. The molecule has 142 valence electrons. The molecule has 0 atom stereocenters. The van der Waals surface area contributed by atoms with Gasteiger partial charge in [-0.3, -0.25) is 4.79 Å². The van der Waals surface area contributed by atoms with Gasteiger partial charge in [0, 0.05) is 16.8 Å². The van der Waals surface area contributed by atoms with Gasteiger partial charge in [-0.1, -0.05) is 24.3 Å². The number of fused-ring (bicyclic) bond motifs is 2. The molecule has 3 aromatic rings. The van der Waals surface area contributed by atoms with Gasteiger partial charge >= 0.3 is 5.97 Å². The number of rotatable bonds is 5. The minimum atomic E-state index is -0.474. The first kappa shape index (κ1) is 18.4. The van der Waals surface area contributed by atoms with Gasteiger partial charge in [-0.2, -0.15) is 0 Å². The second-order valence-corrected chi connectivity index (χ2v) is 7.53. The molecule has 6 heteroatoms. The van der Waals surface area contributed by atoms with Crippen molar-refractivity contribution in [2.24, 2.45) is 0 Å². The SMILES string of the molecule is CCNC(=O)COC(=O)c1c2c(nc3ccccc13)/C(=C/c1cccs1)CC2. The van der Waals surface area contributed by atoms with Crippen molar-refractivity contribution in [2.75, 3.05) is 13.2 Å². The molecule has 1 aliphatic carbocycles. The quantitative estimate of drug-likeness (QED) is 0.665. The number of nitrogens with one attached hydrogen (secondary N) is 1. The van der Waals surface area contributed by atoms with Crippen molar-refractivity contribution in [2.45, 2.75) is 19.8 Å². The number of ether oxygens (including phenoxy) is 1. The lowest BCUT2D eigenvalue weighted by Gasteiger charge is -2.12. The Balaban J connectivity index is 1.76. The third kappa shape index (κ3) is 3.55. The minimum absolute atomic E-state index is 0.282. The molecule has 28 heavy (non-hydrogen) atoms. The smallest absolute Gasteiger partial charge is 0.339 e. The Morgan fingerprint density at radius 3 is 2.86 bits per heavy atom. The Morgan fingerprint density at radius 2 is 2.07 bits per heavy atom. The summed E-state index contributed by atoms with van der Waals surface area (Å²) in [6.07, 6.45) is 3.70.